The number of methoxy groups -OCH3 is 2. The van der Waals surface area contributed by atoms with Crippen molar-refractivity contribution in [1.29, 1.82) is 0 Å². The highest BCUT2D eigenvalue weighted by Crippen LogP contribution is 2.17. The number of benzene rings is 1. The van der Waals surface area contributed by atoms with E-state index in [0.717, 1.165) is 45.0 Å². The lowest BCUT2D eigenvalue weighted by Gasteiger charge is -2.17. The minimum Gasteiger partial charge on any atom is -0.496 e. The number of ether oxygens (including phenoxy) is 2. The summed E-state index contributed by atoms with van der Waals surface area (Å²) in [5.74, 6) is 0.981. The van der Waals surface area contributed by atoms with Crippen LogP contribution in [0.4, 0.5) is 0 Å². The van der Waals surface area contributed by atoms with Crippen molar-refractivity contribution in [3.8, 4) is 5.75 Å². The lowest BCUT2D eigenvalue weighted by atomic mass is 10.1. The Labute approximate surface area is 116 Å². The maximum atomic E-state index is 5.36. The van der Waals surface area contributed by atoms with Crippen LogP contribution in [0.1, 0.15) is 5.56 Å². The van der Waals surface area contributed by atoms with E-state index in [1.54, 1.807) is 14.2 Å². The third kappa shape index (κ3) is 6.57. The van der Waals surface area contributed by atoms with Gasteiger partial charge in [-0.15, -0.1) is 0 Å². The van der Waals surface area contributed by atoms with Crippen molar-refractivity contribution in [2.75, 3.05) is 54.1 Å². The van der Waals surface area contributed by atoms with Gasteiger partial charge in [-0.2, -0.15) is 0 Å². The first-order valence-electron chi connectivity index (χ1n) is 6.78. The quantitative estimate of drug-likeness (QED) is 0.649. The number of nitrogens with zero attached hydrogens (tertiary/aromatic N) is 1. The van der Waals surface area contributed by atoms with Crippen LogP contribution in [-0.4, -0.2) is 59.0 Å². The van der Waals surface area contributed by atoms with Crippen LogP contribution in [0.25, 0.3) is 0 Å². The molecule has 1 aromatic rings. The topological polar surface area (TPSA) is 33.7 Å². The minimum atomic E-state index is 0.769. The van der Waals surface area contributed by atoms with Gasteiger partial charge in [0.25, 0.3) is 0 Å². The fraction of sp³-hybridized carbons (Fsp3) is 0.600. The molecule has 0 spiro atoms. The highest BCUT2D eigenvalue weighted by Gasteiger charge is 2.03. The van der Waals surface area contributed by atoms with Gasteiger partial charge in [-0.05, 0) is 25.1 Å². The van der Waals surface area contributed by atoms with Crippen molar-refractivity contribution < 1.29 is 9.47 Å². The van der Waals surface area contributed by atoms with Crippen molar-refractivity contribution in [2.24, 2.45) is 0 Å². The van der Waals surface area contributed by atoms with E-state index in [4.69, 9.17) is 9.47 Å². The van der Waals surface area contributed by atoms with E-state index in [0.29, 0.717) is 0 Å². The molecule has 0 aliphatic heterocycles. The summed E-state index contributed by atoms with van der Waals surface area (Å²) in [5, 5.41) is 3.35. The van der Waals surface area contributed by atoms with Crippen molar-refractivity contribution >= 4 is 0 Å². The molecule has 0 aliphatic rings. The fourth-order valence-corrected chi connectivity index (χ4v) is 1.90. The van der Waals surface area contributed by atoms with Gasteiger partial charge in [0.2, 0.25) is 0 Å². The third-order valence-electron chi connectivity index (χ3n) is 3.11. The highest BCUT2D eigenvalue weighted by atomic mass is 16.5. The van der Waals surface area contributed by atoms with Crippen molar-refractivity contribution in [3.05, 3.63) is 29.8 Å². The zero-order chi connectivity index (χ0) is 13.9. The molecule has 0 aromatic heterocycles. The standard InChI is InChI=1S/C15H26N2O2/c1-17(12-9-16-10-13-18-2)11-8-14-6-4-5-7-15(14)19-3/h4-7,16H,8-13H2,1-3H3. The molecule has 108 valence electrons. The molecule has 4 nitrogen and oxygen atoms in total. The number of rotatable bonds is 10. The summed E-state index contributed by atoms with van der Waals surface area (Å²) in [6, 6.07) is 8.21. The SMILES string of the molecule is COCCNCCN(C)CCc1ccccc1OC. The molecule has 0 amide bonds. The summed E-state index contributed by atoms with van der Waals surface area (Å²) in [6.45, 7) is 4.75. The smallest absolute Gasteiger partial charge is 0.122 e. The molecule has 0 heterocycles. The third-order valence-corrected chi connectivity index (χ3v) is 3.11. The first-order valence-corrected chi connectivity index (χ1v) is 6.78. The molecule has 0 bridgehead atoms. The van der Waals surface area contributed by atoms with E-state index in [1.807, 2.05) is 12.1 Å². The molecule has 0 aliphatic carbocycles. The van der Waals surface area contributed by atoms with Gasteiger partial charge < -0.3 is 19.7 Å². The van der Waals surface area contributed by atoms with Crippen molar-refractivity contribution in [2.45, 2.75) is 6.42 Å². The Balaban J connectivity index is 2.20. The normalized spacial score (nSPS) is 10.9. The first kappa shape index (κ1) is 16.0. The molecule has 1 N–H and O–H groups in total. The number of para-hydroxylation sites is 1. The predicted molar refractivity (Wildman–Crippen MR) is 78.9 cm³/mol. The molecule has 0 radical (unpaired) electrons. The van der Waals surface area contributed by atoms with Crippen LogP contribution in [-0.2, 0) is 11.2 Å². The van der Waals surface area contributed by atoms with E-state index in [-0.39, 0.29) is 0 Å². The maximum Gasteiger partial charge on any atom is 0.122 e. The van der Waals surface area contributed by atoms with Crippen LogP contribution in [0.5, 0.6) is 5.75 Å². The summed E-state index contributed by atoms with van der Waals surface area (Å²) < 4.78 is 10.3. The summed E-state index contributed by atoms with van der Waals surface area (Å²) >= 11 is 0. The molecule has 0 saturated heterocycles. The van der Waals surface area contributed by atoms with Crippen molar-refractivity contribution in [1.82, 2.24) is 10.2 Å². The number of likely N-dealkylation sites (N-methyl/N-ethyl adjacent to an activating group) is 1. The van der Waals surface area contributed by atoms with Gasteiger partial charge in [0.15, 0.2) is 0 Å². The lowest BCUT2D eigenvalue weighted by molar-refractivity contribution is 0.198. The molecule has 0 saturated carbocycles. The van der Waals surface area contributed by atoms with Gasteiger partial charge in [0.1, 0.15) is 5.75 Å². The Morgan fingerprint density at radius 1 is 1.11 bits per heavy atom. The molecule has 4 heteroatoms. The van der Waals surface area contributed by atoms with E-state index in [1.165, 1.54) is 5.56 Å². The highest BCUT2D eigenvalue weighted by molar-refractivity contribution is 5.33. The largest absolute Gasteiger partial charge is 0.496 e. The predicted octanol–water partition coefficient (Wildman–Crippen LogP) is 1.41. The summed E-state index contributed by atoms with van der Waals surface area (Å²) in [6.07, 6.45) is 1.01. The van der Waals surface area contributed by atoms with E-state index in [9.17, 15) is 0 Å². The molecule has 0 fully saturated rings. The zero-order valence-electron chi connectivity index (χ0n) is 12.3. The van der Waals surface area contributed by atoms with Crippen molar-refractivity contribution in [3.63, 3.8) is 0 Å². The van der Waals surface area contributed by atoms with Crippen LogP contribution in [0.2, 0.25) is 0 Å². The fourth-order valence-electron chi connectivity index (χ4n) is 1.90. The first-order chi connectivity index (χ1) is 9.27. The molecular weight excluding hydrogens is 240 g/mol. The second kappa shape index (κ2) is 9.78. The molecule has 1 rings (SSSR count). The second-order valence-corrected chi connectivity index (χ2v) is 4.61. The summed E-state index contributed by atoms with van der Waals surface area (Å²) in [5.41, 5.74) is 1.27. The summed E-state index contributed by atoms with van der Waals surface area (Å²) in [7, 11) is 5.59. The van der Waals surface area contributed by atoms with Gasteiger partial charge in [0, 0.05) is 33.3 Å². The second-order valence-electron chi connectivity index (χ2n) is 4.61. The Kier molecular flexibility index (Phi) is 8.21. The van der Waals surface area contributed by atoms with Crippen LogP contribution >= 0.6 is 0 Å². The number of hydrogen-bond acceptors (Lipinski definition) is 4. The zero-order valence-corrected chi connectivity index (χ0v) is 12.3. The summed E-state index contributed by atoms with van der Waals surface area (Å²) in [4.78, 5) is 2.33. The molecule has 0 unspecified atom stereocenters. The van der Waals surface area contributed by atoms with Gasteiger partial charge in [0.05, 0.1) is 13.7 Å². The van der Waals surface area contributed by atoms with Gasteiger partial charge >= 0.3 is 0 Å². The average Bonchev–Trinajstić information content (AvgIpc) is 2.45. The van der Waals surface area contributed by atoms with Crippen LogP contribution < -0.4 is 10.1 Å². The van der Waals surface area contributed by atoms with Crippen LogP contribution in [0.3, 0.4) is 0 Å². The average molecular weight is 266 g/mol. The Morgan fingerprint density at radius 3 is 2.63 bits per heavy atom. The van der Waals surface area contributed by atoms with E-state index >= 15 is 0 Å². The maximum absolute atomic E-state index is 5.36. The number of hydrogen-bond donors (Lipinski definition) is 1. The Hall–Kier alpha value is -1.10. The van der Waals surface area contributed by atoms with E-state index < -0.39 is 0 Å². The van der Waals surface area contributed by atoms with Crippen LogP contribution in [0.15, 0.2) is 24.3 Å². The Bertz CT molecular complexity index is 345. The van der Waals surface area contributed by atoms with Gasteiger partial charge in [-0.25, -0.2) is 0 Å². The van der Waals surface area contributed by atoms with Gasteiger partial charge in [-0.1, -0.05) is 18.2 Å². The van der Waals surface area contributed by atoms with Crippen LogP contribution in [0, 0.1) is 0 Å². The molecule has 19 heavy (non-hydrogen) atoms. The minimum absolute atomic E-state index is 0.769. The lowest BCUT2D eigenvalue weighted by Crippen LogP contribution is -2.32. The van der Waals surface area contributed by atoms with E-state index in [2.05, 4.69) is 29.4 Å². The monoisotopic (exact) mass is 266 g/mol. The molecule has 0 atom stereocenters. The van der Waals surface area contributed by atoms with Gasteiger partial charge in [-0.3, -0.25) is 0 Å². The Morgan fingerprint density at radius 2 is 1.89 bits per heavy atom. The molecular formula is C15H26N2O2. The molecule has 1 aromatic carbocycles. The number of nitrogens with one attached hydrogen (secondary N) is 1.